The Hall–Kier alpha value is -3.12. The molecule has 11 heteroatoms. The normalized spacial score (nSPS) is 12.6. The van der Waals surface area contributed by atoms with Crippen molar-refractivity contribution in [2.45, 2.75) is 50.2 Å². The molecule has 0 aromatic heterocycles. The molecule has 0 saturated carbocycles. The maximum absolute atomic E-state index is 14.5. The minimum atomic E-state index is -4.18. The molecule has 0 aliphatic rings. The number of sulfonamides is 1. The Morgan fingerprint density at radius 3 is 2.00 bits per heavy atom. The molecule has 4 rings (SSSR count). The van der Waals surface area contributed by atoms with E-state index >= 15 is 0 Å². The van der Waals surface area contributed by atoms with Gasteiger partial charge in [0.05, 0.1) is 10.6 Å². The molecular weight excluding hydrogens is 744 g/mol. The Bertz CT molecular complexity index is 1690. The zero-order valence-electron chi connectivity index (χ0n) is 24.9. The van der Waals surface area contributed by atoms with E-state index in [9.17, 15) is 18.0 Å². The number of carbonyl (C=O) groups is 2. The van der Waals surface area contributed by atoms with E-state index in [2.05, 4.69) is 27.9 Å². The zero-order chi connectivity index (χ0) is 32.6. The average molecular weight is 779 g/mol. The van der Waals surface area contributed by atoms with Crippen LogP contribution in [0, 0.1) is 3.57 Å². The third-order valence-corrected chi connectivity index (χ3v) is 10.6. The number of benzene rings is 4. The molecule has 2 amide bonds. The van der Waals surface area contributed by atoms with Crippen molar-refractivity contribution in [2.75, 3.05) is 10.8 Å². The highest BCUT2D eigenvalue weighted by Gasteiger charge is 2.35. The highest BCUT2D eigenvalue weighted by molar-refractivity contribution is 14.1. The van der Waals surface area contributed by atoms with Gasteiger partial charge in [0.2, 0.25) is 11.8 Å². The molecule has 0 aliphatic heterocycles. The summed E-state index contributed by atoms with van der Waals surface area (Å²) in [5, 5.41) is 3.67. The number of hydrogen-bond acceptors (Lipinski definition) is 4. The Kier molecular flexibility index (Phi) is 12.3. The fourth-order valence-electron chi connectivity index (χ4n) is 4.70. The molecule has 236 valence electrons. The van der Waals surface area contributed by atoms with Gasteiger partial charge < -0.3 is 10.2 Å². The molecule has 0 spiro atoms. The van der Waals surface area contributed by atoms with Crippen molar-refractivity contribution in [1.82, 2.24) is 10.2 Å². The summed E-state index contributed by atoms with van der Waals surface area (Å²) in [6.07, 6.45) is 0.871. The number of anilines is 1. The topological polar surface area (TPSA) is 86.8 Å². The molecule has 7 nitrogen and oxygen atoms in total. The van der Waals surface area contributed by atoms with Crippen LogP contribution in [0.2, 0.25) is 10.0 Å². The number of amides is 2. The first kappa shape index (κ1) is 34.7. The lowest BCUT2D eigenvalue weighted by atomic mass is 10.0. The molecule has 0 saturated heterocycles. The first-order valence-electron chi connectivity index (χ1n) is 14.4. The summed E-state index contributed by atoms with van der Waals surface area (Å²) in [6, 6.07) is 28.0. The second-order valence-corrected chi connectivity index (χ2v) is 14.5. The summed E-state index contributed by atoms with van der Waals surface area (Å²) in [6.45, 7) is 3.16. The quantitative estimate of drug-likeness (QED) is 0.144. The van der Waals surface area contributed by atoms with Crippen LogP contribution < -0.4 is 9.62 Å². The van der Waals surface area contributed by atoms with Gasteiger partial charge in [-0.2, -0.15) is 0 Å². The largest absolute Gasteiger partial charge is 0.352 e. The second kappa shape index (κ2) is 15.9. The van der Waals surface area contributed by atoms with Crippen LogP contribution in [0.1, 0.15) is 31.4 Å². The van der Waals surface area contributed by atoms with Crippen LogP contribution in [0.25, 0.3) is 0 Å². The molecule has 0 fully saturated rings. The van der Waals surface area contributed by atoms with E-state index in [0.29, 0.717) is 27.7 Å². The lowest BCUT2D eigenvalue weighted by molar-refractivity contribution is -0.140. The maximum atomic E-state index is 14.5. The van der Waals surface area contributed by atoms with Crippen LogP contribution in [0.4, 0.5) is 5.69 Å². The molecule has 4 aromatic carbocycles. The predicted octanol–water partition coefficient (Wildman–Crippen LogP) is 7.35. The van der Waals surface area contributed by atoms with Gasteiger partial charge in [-0.3, -0.25) is 13.9 Å². The van der Waals surface area contributed by atoms with Crippen molar-refractivity contribution >= 4 is 73.3 Å². The van der Waals surface area contributed by atoms with Gasteiger partial charge in [-0.25, -0.2) is 8.42 Å². The summed E-state index contributed by atoms with van der Waals surface area (Å²) < 4.78 is 30.1. The van der Waals surface area contributed by atoms with Gasteiger partial charge in [-0.1, -0.05) is 84.7 Å². The lowest BCUT2D eigenvalue weighted by Crippen LogP contribution is -2.54. The molecular formula is C34H34Cl2IN3O4S. The highest BCUT2D eigenvalue weighted by atomic mass is 127. The molecule has 0 aliphatic carbocycles. The van der Waals surface area contributed by atoms with Crippen LogP contribution in [-0.4, -0.2) is 43.8 Å². The Balaban J connectivity index is 1.83. The van der Waals surface area contributed by atoms with Gasteiger partial charge in [0, 0.05) is 38.2 Å². The van der Waals surface area contributed by atoms with Crippen molar-refractivity contribution in [2.24, 2.45) is 0 Å². The average Bonchev–Trinajstić information content (AvgIpc) is 3.04. The van der Waals surface area contributed by atoms with Crippen LogP contribution in [0.3, 0.4) is 0 Å². The zero-order valence-corrected chi connectivity index (χ0v) is 29.4. The van der Waals surface area contributed by atoms with Crippen LogP contribution in [-0.2, 0) is 32.6 Å². The summed E-state index contributed by atoms with van der Waals surface area (Å²) >= 11 is 15.3. The van der Waals surface area contributed by atoms with E-state index < -0.39 is 28.5 Å². The van der Waals surface area contributed by atoms with Crippen molar-refractivity contribution in [3.8, 4) is 0 Å². The van der Waals surface area contributed by atoms with Crippen molar-refractivity contribution in [1.29, 1.82) is 0 Å². The second-order valence-electron chi connectivity index (χ2n) is 10.5. The number of nitrogens with one attached hydrogen (secondary N) is 1. The number of nitrogens with zero attached hydrogens (tertiary/aromatic N) is 2. The predicted molar refractivity (Wildman–Crippen MR) is 189 cm³/mol. The summed E-state index contributed by atoms with van der Waals surface area (Å²) in [5.41, 5.74) is 1.60. The van der Waals surface area contributed by atoms with E-state index in [1.54, 1.807) is 60.7 Å². The summed E-state index contributed by atoms with van der Waals surface area (Å²) in [5.74, 6) is -0.958. The first-order valence-corrected chi connectivity index (χ1v) is 17.7. The van der Waals surface area contributed by atoms with Crippen molar-refractivity contribution < 1.29 is 18.0 Å². The van der Waals surface area contributed by atoms with Crippen molar-refractivity contribution in [3.05, 3.63) is 128 Å². The standard InChI is InChI=1S/C34H34Cl2IN3O4S/c1-3-24(2)38-34(42)32(21-25-11-6-4-7-12-25)39(22-29-30(35)15-10-16-31(29)36)33(41)23-40(27-19-17-26(37)18-20-27)45(43,44)28-13-8-5-9-14-28/h4-20,24,32H,3,21-23H2,1-2H3,(H,38,42)/t24-,32-/m1/s1. The number of halogens is 3. The molecule has 2 atom stereocenters. The number of carbonyl (C=O) groups excluding carboxylic acids is 2. The van der Waals surface area contributed by atoms with E-state index in [-0.39, 0.29) is 29.8 Å². The van der Waals surface area contributed by atoms with Gasteiger partial charge >= 0.3 is 0 Å². The minimum absolute atomic E-state index is 0.0346. The van der Waals surface area contributed by atoms with Crippen LogP contribution in [0.5, 0.6) is 0 Å². The fourth-order valence-corrected chi connectivity index (χ4v) is 7.02. The van der Waals surface area contributed by atoms with Gasteiger partial charge in [-0.05, 0) is 90.0 Å². The maximum Gasteiger partial charge on any atom is 0.264 e. The first-order chi connectivity index (χ1) is 21.5. The Morgan fingerprint density at radius 2 is 1.42 bits per heavy atom. The molecule has 0 radical (unpaired) electrons. The third kappa shape index (κ3) is 9.00. The van der Waals surface area contributed by atoms with Crippen molar-refractivity contribution in [3.63, 3.8) is 0 Å². The van der Waals surface area contributed by atoms with Gasteiger partial charge in [-0.15, -0.1) is 0 Å². The van der Waals surface area contributed by atoms with E-state index in [1.807, 2.05) is 44.2 Å². The minimum Gasteiger partial charge on any atom is -0.352 e. The molecule has 0 heterocycles. The monoisotopic (exact) mass is 777 g/mol. The lowest BCUT2D eigenvalue weighted by Gasteiger charge is -2.34. The summed E-state index contributed by atoms with van der Waals surface area (Å²) in [7, 11) is -4.18. The fraction of sp³-hybridized carbons (Fsp3) is 0.235. The number of hydrogen-bond donors (Lipinski definition) is 1. The molecule has 0 unspecified atom stereocenters. The molecule has 0 bridgehead atoms. The summed E-state index contributed by atoms with van der Waals surface area (Å²) in [4.78, 5) is 29.9. The molecule has 4 aromatic rings. The number of rotatable bonds is 13. The molecule has 1 N–H and O–H groups in total. The van der Waals surface area contributed by atoms with E-state index in [1.165, 1.54) is 17.0 Å². The smallest absolute Gasteiger partial charge is 0.264 e. The van der Waals surface area contributed by atoms with Crippen LogP contribution >= 0.6 is 45.8 Å². The van der Waals surface area contributed by atoms with Gasteiger partial charge in [0.15, 0.2) is 0 Å². The Morgan fingerprint density at radius 1 is 0.844 bits per heavy atom. The van der Waals surface area contributed by atoms with Gasteiger partial charge in [0.1, 0.15) is 12.6 Å². The Labute approximate surface area is 288 Å². The highest BCUT2D eigenvalue weighted by Crippen LogP contribution is 2.29. The van der Waals surface area contributed by atoms with E-state index in [0.717, 1.165) is 13.4 Å². The van der Waals surface area contributed by atoms with E-state index in [4.69, 9.17) is 23.2 Å². The van der Waals surface area contributed by atoms with Gasteiger partial charge in [0.25, 0.3) is 10.0 Å². The molecule has 45 heavy (non-hydrogen) atoms. The third-order valence-electron chi connectivity index (χ3n) is 7.39. The SMILES string of the molecule is CC[C@@H](C)NC(=O)[C@@H](Cc1ccccc1)N(Cc1c(Cl)cccc1Cl)C(=O)CN(c1ccc(I)cc1)S(=O)(=O)c1ccccc1. The van der Waals surface area contributed by atoms with Crippen LogP contribution in [0.15, 0.2) is 108 Å².